The number of ether oxygens (including phenoxy) is 1. The highest BCUT2D eigenvalue weighted by molar-refractivity contribution is 6.60. The van der Waals surface area contributed by atoms with E-state index in [1.165, 1.54) is 45.9 Å². The van der Waals surface area contributed by atoms with Crippen LogP contribution in [0.3, 0.4) is 0 Å². The lowest BCUT2D eigenvalue weighted by Gasteiger charge is -2.34. The normalized spacial score (nSPS) is 22.3. The summed E-state index contributed by atoms with van der Waals surface area (Å²) >= 11 is 6.30. The van der Waals surface area contributed by atoms with Crippen LogP contribution < -0.4 is 10.2 Å². The lowest BCUT2D eigenvalue weighted by molar-refractivity contribution is 0.0968. The highest BCUT2D eigenvalue weighted by atomic mass is 35.5. The molecule has 0 atom stereocenters. The second-order valence-electron chi connectivity index (χ2n) is 10.9. The van der Waals surface area contributed by atoms with Crippen molar-refractivity contribution in [1.29, 1.82) is 0 Å². The maximum absolute atomic E-state index is 13.3. The molecule has 1 saturated heterocycles. The Bertz CT molecular complexity index is 1330. The zero-order valence-electron chi connectivity index (χ0n) is 21.4. The van der Waals surface area contributed by atoms with Gasteiger partial charge in [0.1, 0.15) is 0 Å². The number of Topliss-reactive ketones (excluding diaryl/α,β-unsaturated/α-hetero) is 1. The molecule has 0 unspecified atom stereocenters. The number of halogens is 1. The van der Waals surface area contributed by atoms with Gasteiger partial charge >= 0.3 is 0 Å². The van der Waals surface area contributed by atoms with E-state index in [9.17, 15) is 9.90 Å². The van der Waals surface area contributed by atoms with Crippen LogP contribution in [0, 0.1) is 5.92 Å². The molecule has 6 rings (SSSR count). The first kappa shape index (κ1) is 24.8. The Morgan fingerprint density at radius 1 is 1.05 bits per heavy atom. The van der Waals surface area contributed by atoms with E-state index in [2.05, 4.69) is 18.2 Å². The minimum Gasteiger partial charge on any atom is -0.503 e. The number of carbonyl (C=O) groups excluding carboxylic acids is 1. The van der Waals surface area contributed by atoms with E-state index in [-0.39, 0.29) is 22.5 Å². The van der Waals surface area contributed by atoms with Crippen LogP contribution in [0.5, 0.6) is 11.5 Å². The lowest BCUT2D eigenvalue weighted by Crippen LogP contribution is -2.37. The number of aromatic nitrogens is 1. The molecule has 2 aliphatic carbocycles. The summed E-state index contributed by atoms with van der Waals surface area (Å²) < 4.78 is 5.33. The number of methoxy groups -OCH3 is 1. The van der Waals surface area contributed by atoms with Gasteiger partial charge < -0.3 is 14.7 Å². The van der Waals surface area contributed by atoms with Gasteiger partial charge in [0.15, 0.2) is 24.6 Å². The Balaban J connectivity index is 1.35. The van der Waals surface area contributed by atoms with Gasteiger partial charge in [-0.2, -0.15) is 0 Å². The molecule has 5 nitrogen and oxygen atoms in total. The van der Waals surface area contributed by atoms with Crippen molar-refractivity contribution in [3.8, 4) is 22.6 Å². The van der Waals surface area contributed by atoms with Gasteiger partial charge in [0, 0.05) is 23.7 Å². The van der Waals surface area contributed by atoms with E-state index in [4.69, 9.17) is 21.3 Å². The number of likely N-dealkylation sites (tertiary alicyclic amines) is 1. The third kappa shape index (κ3) is 4.98. The van der Waals surface area contributed by atoms with Gasteiger partial charge in [-0.05, 0) is 92.4 Å². The van der Waals surface area contributed by atoms with Crippen molar-refractivity contribution in [2.24, 2.45) is 5.92 Å². The standard InChI is InChI=1S/C30H33BClN2O3/c1-37-27-16-20(15-25(32)30(27)36)19-6-11-26-23(14-19)28(24(17-33-26)29(35)18-4-5-18)31-21-7-9-22(10-8-21)34-12-2-3-13-34/h6,11,14-18,21-22,36H,2-5,7-10,12-13H2,1H3. The lowest BCUT2D eigenvalue weighted by atomic mass is 9.52. The Morgan fingerprint density at radius 3 is 2.51 bits per heavy atom. The summed E-state index contributed by atoms with van der Waals surface area (Å²) in [7, 11) is 3.88. The fourth-order valence-electron chi connectivity index (χ4n) is 6.21. The minimum atomic E-state index is -0.0637. The first-order valence-electron chi connectivity index (χ1n) is 13.6. The number of pyridine rings is 1. The first-order chi connectivity index (χ1) is 18.0. The highest BCUT2D eigenvalue weighted by Crippen LogP contribution is 2.39. The summed E-state index contributed by atoms with van der Waals surface area (Å²) in [6.45, 7) is 2.51. The Morgan fingerprint density at radius 2 is 1.81 bits per heavy atom. The molecule has 2 heterocycles. The minimum absolute atomic E-state index is 0.0637. The van der Waals surface area contributed by atoms with Gasteiger partial charge in [0.2, 0.25) is 0 Å². The second kappa shape index (κ2) is 10.3. The molecule has 0 spiro atoms. The van der Waals surface area contributed by atoms with Crippen molar-refractivity contribution in [3.63, 3.8) is 0 Å². The molecule has 37 heavy (non-hydrogen) atoms. The van der Waals surface area contributed by atoms with Crippen LogP contribution in [0.2, 0.25) is 10.8 Å². The summed E-state index contributed by atoms with van der Waals surface area (Å²) in [5.74, 6) is 1.10. The van der Waals surface area contributed by atoms with E-state index in [1.54, 1.807) is 18.3 Å². The average Bonchev–Trinajstić information content (AvgIpc) is 3.63. The van der Waals surface area contributed by atoms with Crippen molar-refractivity contribution >= 4 is 41.0 Å². The van der Waals surface area contributed by atoms with Crippen LogP contribution in [-0.4, -0.2) is 54.3 Å². The van der Waals surface area contributed by atoms with E-state index < -0.39 is 0 Å². The predicted octanol–water partition coefficient (Wildman–Crippen LogP) is 6.02. The number of fused-ring (bicyclic) bond motifs is 1. The molecule has 191 valence electrons. The number of rotatable bonds is 7. The molecule has 3 aliphatic rings. The molecule has 2 saturated carbocycles. The third-order valence-electron chi connectivity index (χ3n) is 8.51. The molecular formula is C30H33BClN2O3. The number of benzene rings is 2. The van der Waals surface area contributed by atoms with Crippen LogP contribution in [-0.2, 0) is 0 Å². The number of hydrogen-bond acceptors (Lipinski definition) is 5. The van der Waals surface area contributed by atoms with Crippen LogP contribution in [0.25, 0.3) is 22.0 Å². The van der Waals surface area contributed by atoms with Crippen molar-refractivity contribution in [1.82, 2.24) is 9.88 Å². The molecule has 2 aromatic carbocycles. The highest BCUT2D eigenvalue weighted by Gasteiger charge is 2.34. The predicted molar refractivity (Wildman–Crippen MR) is 150 cm³/mol. The Kier molecular flexibility index (Phi) is 6.89. The zero-order chi connectivity index (χ0) is 25.5. The van der Waals surface area contributed by atoms with Crippen LogP contribution in [0.15, 0.2) is 36.5 Å². The van der Waals surface area contributed by atoms with Gasteiger partial charge in [-0.1, -0.05) is 41.8 Å². The van der Waals surface area contributed by atoms with Gasteiger partial charge in [-0.3, -0.25) is 9.78 Å². The SMILES string of the molecule is COc1cc(-c2ccc3ncc(C(=O)C4CC4)c([B]C4CCC(N5CCCC5)CC4)c3c2)cc(Cl)c1O. The van der Waals surface area contributed by atoms with Gasteiger partial charge in [-0.15, -0.1) is 0 Å². The van der Waals surface area contributed by atoms with Gasteiger partial charge in [0.05, 0.1) is 17.6 Å². The largest absolute Gasteiger partial charge is 0.503 e. The number of phenolic OH excluding ortho intramolecular Hbond substituents is 1. The maximum Gasteiger partial charge on any atom is 0.176 e. The summed E-state index contributed by atoms with van der Waals surface area (Å²) in [4.78, 5) is 20.7. The van der Waals surface area contributed by atoms with E-state index in [0.29, 0.717) is 11.6 Å². The quantitative estimate of drug-likeness (QED) is 0.308. The number of carbonyl (C=O) groups is 1. The molecule has 7 heteroatoms. The number of phenols is 1. The number of ketones is 1. The molecule has 0 bridgehead atoms. The first-order valence-corrected chi connectivity index (χ1v) is 14.0. The zero-order valence-corrected chi connectivity index (χ0v) is 22.1. The van der Waals surface area contributed by atoms with Crippen molar-refractivity contribution in [2.75, 3.05) is 20.2 Å². The molecule has 1 N–H and O–H groups in total. The maximum atomic E-state index is 13.3. The Labute approximate surface area is 224 Å². The van der Waals surface area contributed by atoms with Crippen LogP contribution >= 0.6 is 11.6 Å². The number of nitrogens with zero attached hydrogens (tertiary/aromatic N) is 2. The van der Waals surface area contributed by atoms with E-state index in [0.717, 1.165) is 64.8 Å². The molecule has 1 aliphatic heterocycles. The second-order valence-corrected chi connectivity index (χ2v) is 11.4. The van der Waals surface area contributed by atoms with E-state index in [1.807, 2.05) is 12.1 Å². The molecule has 1 radical (unpaired) electrons. The summed E-state index contributed by atoms with van der Waals surface area (Å²) in [6, 6.07) is 10.4. The smallest absolute Gasteiger partial charge is 0.176 e. The monoisotopic (exact) mass is 515 g/mol. The topological polar surface area (TPSA) is 62.7 Å². The van der Waals surface area contributed by atoms with Gasteiger partial charge in [-0.25, -0.2) is 0 Å². The van der Waals surface area contributed by atoms with Crippen molar-refractivity contribution < 1.29 is 14.6 Å². The summed E-state index contributed by atoms with van der Waals surface area (Å²) in [5.41, 5.74) is 4.46. The molecule has 1 aromatic heterocycles. The average molecular weight is 516 g/mol. The summed E-state index contributed by atoms with van der Waals surface area (Å²) in [6.07, 6.45) is 11.2. The third-order valence-corrected chi connectivity index (χ3v) is 8.79. The van der Waals surface area contributed by atoms with Crippen molar-refractivity contribution in [3.05, 3.63) is 47.1 Å². The number of aromatic hydroxyl groups is 1. The van der Waals surface area contributed by atoms with Crippen molar-refractivity contribution in [2.45, 2.75) is 63.2 Å². The van der Waals surface area contributed by atoms with Crippen LogP contribution in [0.4, 0.5) is 0 Å². The molecule has 3 fully saturated rings. The van der Waals surface area contributed by atoms with Crippen LogP contribution in [0.1, 0.15) is 61.7 Å². The number of hydrogen-bond donors (Lipinski definition) is 1. The van der Waals surface area contributed by atoms with E-state index >= 15 is 0 Å². The molecular weight excluding hydrogens is 483 g/mol. The fourth-order valence-corrected chi connectivity index (χ4v) is 6.42. The summed E-state index contributed by atoms with van der Waals surface area (Å²) in [5, 5.41) is 11.4. The van der Waals surface area contributed by atoms with Gasteiger partial charge in [0.25, 0.3) is 0 Å². The molecule has 3 aromatic rings. The Hall–Kier alpha value is -2.57. The molecule has 0 amide bonds. The fraction of sp³-hybridized carbons (Fsp3) is 0.467.